The minimum atomic E-state index is 0.306. The molecule has 0 bridgehead atoms. The van der Waals surface area contributed by atoms with E-state index in [9.17, 15) is 4.79 Å². The average Bonchev–Trinajstić information content (AvgIpc) is 2.99. The van der Waals surface area contributed by atoms with Crippen LogP contribution in [0.5, 0.6) is 5.75 Å². The molecule has 3 rings (SSSR count). The van der Waals surface area contributed by atoms with Crippen molar-refractivity contribution in [3.8, 4) is 5.75 Å². The maximum absolute atomic E-state index is 12.0. The Labute approximate surface area is 129 Å². The van der Waals surface area contributed by atoms with Crippen LogP contribution in [-0.4, -0.2) is 18.1 Å². The molecule has 0 aromatic heterocycles. The first kappa shape index (κ1) is 14.2. The van der Waals surface area contributed by atoms with E-state index in [-0.39, 0.29) is 0 Å². The molecule has 3 heteroatoms. The smallest absolute Gasteiger partial charge is 0.143 e. The number of thioether (sulfide) groups is 1. The number of fused-ring (bicyclic) bond motifs is 1. The second-order valence-corrected chi connectivity index (χ2v) is 6.23. The Morgan fingerprint density at radius 3 is 2.86 bits per heavy atom. The highest BCUT2D eigenvalue weighted by Gasteiger charge is 2.12. The lowest BCUT2D eigenvalue weighted by atomic mass is 10.0. The Bertz CT molecular complexity index is 622. The first-order valence-electron chi connectivity index (χ1n) is 7.25. The highest BCUT2D eigenvalue weighted by molar-refractivity contribution is 8.00. The van der Waals surface area contributed by atoms with Gasteiger partial charge in [-0.3, -0.25) is 4.79 Å². The topological polar surface area (TPSA) is 26.3 Å². The van der Waals surface area contributed by atoms with E-state index in [4.69, 9.17) is 4.74 Å². The molecule has 2 aromatic carbocycles. The van der Waals surface area contributed by atoms with E-state index < -0.39 is 0 Å². The van der Waals surface area contributed by atoms with Gasteiger partial charge < -0.3 is 4.74 Å². The predicted octanol–water partition coefficient (Wildman–Crippen LogP) is 3.92. The number of hydrogen-bond donors (Lipinski definition) is 0. The average molecular weight is 298 g/mol. The summed E-state index contributed by atoms with van der Waals surface area (Å²) in [6, 6.07) is 16.3. The summed E-state index contributed by atoms with van der Waals surface area (Å²) in [5.41, 5.74) is 2.51. The van der Waals surface area contributed by atoms with E-state index >= 15 is 0 Å². The quantitative estimate of drug-likeness (QED) is 0.756. The molecule has 2 nitrogen and oxygen atoms in total. The van der Waals surface area contributed by atoms with Crippen LogP contribution < -0.4 is 4.74 Å². The summed E-state index contributed by atoms with van der Waals surface area (Å²) in [5.74, 6) is 1.86. The van der Waals surface area contributed by atoms with Crippen LogP contribution in [0.1, 0.15) is 17.5 Å². The van der Waals surface area contributed by atoms with Crippen molar-refractivity contribution in [2.75, 3.05) is 12.4 Å². The van der Waals surface area contributed by atoms with Crippen molar-refractivity contribution in [3.05, 3.63) is 59.7 Å². The fourth-order valence-corrected chi connectivity index (χ4v) is 3.25. The molecule has 108 valence electrons. The van der Waals surface area contributed by atoms with Crippen LogP contribution in [0.2, 0.25) is 0 Å². The van der Waals surface area contributed by atoms with Crippen LogP contribution >= 0.6 is 11.8 Å². The van der Waals surface area contributed by atoms with Crippen molar-refractivity contribution < 1.29 is 9.53 Å². The van der Waals surface area contributed by atoms with Crippen molar-refractivity contribution in [2.45, 2.75) is 24.2 Å². The summed E-state index contributed by atoms with van der Waals surface area (Å²) >= 11 is 1.61. The third-order valence-corrected chi connectivity index (χ3v) is 4.66. The molecule has 0 spiro atoms. The number of rotatable bonds is 6. The van der Waals surface area contributed by atoms with Crippen molar-refractivity contribution in [1.82, 2.24) is 0 Å². The van der Waals surface area contributed by atoms with Crippen molar-refractivity contribution in [3.63, 3.8) is 0 Å². The summed E-state index contributed by atoms with van der Waals surface area (Å²) < 4.78 is 5.50. The molecule has 0 aliphatic carbocycles. The second-order valence-electron chi connectivity index (χ2n) is 5.18. The number of carbonyl (C=O) groups excluding carboxylic acids is 1. The summed E-state index contributed by atoms with van der Waals surface area (Å²) in [5, 5.41) is 0. The van der Waals surface area contributed by atoms with Gasteiger partial charge in [0, 0.05) is 17.7 Å². The van der Waals surface area contributed by atoms with Crippen LogP contribution in [0.4, 0.5) is 0 Å². The van der Waals surface area contributed by atoms with Gasteiger partial charge in [-0.25, -0.2) is 0 Å². The molecule has 1 heterocycles. The molecule has 0 fully saturated rings. The van der Waals surface area contributed by atoms with Gasteiger partial charge in [-0.2, -0.15) is 0 Å². The molecule has 1 aliphatic rings. The fraction of sp³-hybridized carbons (Fsp3) is 0.278. The second kappa shape index (κ2) is 6.81. The van der Waals surface area contributed by atoms with E-state index in [1.165, 1.54) is 11.1 Å². The van der Waals surface area contributed by atoms with E-state index in [2.05, 4.69) is 12.1 Å². The Morgan fingerprint density at radius 2 is 2.00 bits per heavy atom. The molecule has 0 unspecified atom stereocenters. The Hall–Kier alpha value is -1.74. The van der Waals surface area contributed by atoms with Gasteiger partial charge >= 0.3 is 0 Å². The summed E-state index contributed by atoms with van der Waals surface area (Å²) in [6.07, 6.45) is 2.42. The molecule has 1 aliphatic heterocycles. The molecule has 2 aromatic rings. The molecule has 0 radical (unpaired) electrons. The van der Waals surface area contributed by atoms with Gasteiger partial charge in [0.25, 0.3) is 0 Å². The highest BCUT2D eigenvalue weighted by atomic mass is 32.2. The number of Topliss-reactive ketones (excluding diaryl/α,β-unsaturated/α-hetero) is 1. The van der Waals surface area contributed by atoms with Crippen molar-refractivity contribution in [1.29, 1.82) is 0 Å². The third kappa shape index (κ3) is 3.88. The highest BCUT2D eigenvalue weighted by Crippen LogP contribution is 2.26. The number of hydrogen-bond acceptors (Lipinski definition) is 3. The number of ketones is 1. The summed E-state index contributed by atoms with van der Waals surface area (Å²) in [7, 11) is 0. The molecular formula is C18H18O2S. The molecule has 0 amide bonds. The summed E-state index contributed by atoms with van der Waals surface area (Å²) in [6.45, 7) is 0.783. The molecule has 0 atom stereocenters. The fourth-order valence-electron chi connectivity index (χ4n) is 2.43. The number of ether oxygens (including phenoxy) is 1. The maximum atomic E-state index is 12.0. The minimum absolute atomic E-state index is 0.306. The molecule has 0 N–H and O–H groups in total. The van der Waals surface area contributed by atoms with Gasteiger partial charge in [0.05, 0.1) is 12.4 Å². The van der Waals surface area contributed by atoms with Gasteiger partial charge in [-0.15, -0.1) is 11.8 Å². The molecular weight excluding hydrogens is 280 g/mol. The number of benzene rings is 2. The van der Waals surface area contributed by atoms with Crippen LogP contribution in [0.3, 0.4) is 0 Å². The normalized spacial score (nSPS) is 12.8. The number of carbonyl (C=O) groups is 1. The minimum Gasteiger partial charge on any atom is -0.493 e. The van der Waals surface area contributed by atoms with E-state index in [1.54, 1.807) is 11.8 Å². The van der Waals surface area contributed by atoms with Gasteiger partial charge in [-0.1, -0.05) is 30.3 Å². The first-order chi connectivity index (χ1) is 10.3. The van der Waals surface area contributed by atoms with E-state index in [1.807, 2.05) is 36.4 Å². The largest absolute Gasteiger partial charge is 0.493 e. The Balaban J connectivity index is 1.47. The monoisotopic (exact) mass is 298 g/mol. The van der Waals surface area contributed by atoms with Crippen LogP contribution in [-0.2, 0) is 17.6 Å². The van der Waals surface area contributed by atoms with Crippen molar-refractivity contribution >= 4 is 17.5 Å². The van der Waals surface area contributed by atoms with Crippen LogP contribution in [0.25, 0.3) is 0 Å². The number of aryl methyl sites for hydroxylation is 1. The van der Waals surface area contributed by atoms with Gasteiger partial charge in [0.2, 0.25) is 0 Å². The Morgan fingerprint density at radius 1 is 1.14 bits per heavy atom. The van der Waals surface area contributed by atoms with E-state index in [0.29, 0.717) is 18.0 Å². The van der Waals surface area contributed by atoms with E-state index in [0.717, 1.165) is 30.1 Å². The van der Waals surface area contributed by atoms with Gasteiger partial charge in [0.1, 0.15) is 11.5 Å². The predicted molar refractivity (Wildman–Crippen MR) is 86.1 cm³/mol. The van der Waals surface area contributed by atoms with Gasteiger partial charge in [-0.05, 0) is 35.7 Å². The maximum Gasteiger partial charge on any atom is 0.143 e. The summed E-state index contributed by atoms with van der Waals surface area (Å²) in [4.78, 5) is 13.1. The van der Waals surface area contributed by atoms with Gasteiger partial charge in [0.15, 0.2) is 0 Å². The molecule has 21 heavy (non-hydrogen) atoms. The van der Waals surface area contributed by atoms with Crippen LogP contribution in [0.15, 0.2) is 53.4 Å². The SMILES string of the molecule is O=C(CCc1ccc2c(c1)CCO2)CSc1ccccc1. The third-order valence-electron chi connectivity index (χ3n) is 3.59. The standard InChI is InChI=1S/C18H18O2S/c19-16(13-21-17-4-2-1-3-5-17)8-6-14-7-9-18-15(12-14)10-11-20-18/h1-5,7,9,12H,6,8,10-11,13H2. The first-order valence-corrected chi connectivity index (χ1v) is 8.24. The lowest BCUT2D eigenvalue weighted by molar-refractivity contribution is -0.116. The molecule has 0 saturated carbocycles. The zero-order chi connectivity index (χ0) is 14.5. The zero-order valence-electron chi connectivity index (χ0n) is 11.9. The van der Waals surface area contributed by atoms with Crippen molar-refractivity contribution in [2.24, 2.45) is 0 Å². The molecule has 0 saturated heterocycles. The zero-order valence-corrected chi connectivity index (χ0v) is 12.7. The lowest BCUT2D eigenvalue weighted by Crippen LogP contribution is -2.03. The lowest BCUT2D eigenvalue weighted by Gasteiger charge is -2.04. The van der Waals surface area contributed by atoms with Crippen LogP contribution in [0, 0.1) is 0 Å². The Kier molecular flexibility index (Phi) is 4.61.